The number of hydrogen-bond acceptors (Lipinski definition) is 4. The second-order valence-corrected chi connectivity index (χ2v) is 10.5. The van der Waals surface area contributed by atoms with E-state index in [9.17, 15) is 39.9 Å². The SMILES string of the molecule is COc1cc(C(=O)N2CCN(CCN3CCC(F)(F)CC3)C[C@H]2Cc2ccc(C(F)(F)F)cc2)cc(C(F)(F)F)c1. The van der Waals surface area contributed by atoms with Gasteiger partial charge in [0, 0.05) is 70.3 Å². The molecule has 5 nitrogen and oxygen atoms in total. The Morgan fingerprint density at radius 3 is 2.05 bits per heavy atom. The predicted octanol–water partition coefficient (Wildman–Crippen LogP) is 5.83. The number of methoxy groups -OCH3 is 1. The molecular weight excluding hydrogens is 562 g/mol. The summed E-state index contributed by atoms with van der Waals surface area (Å²) in [6.07, 6.45) is -9.48. The summed E-state index contributed by atoms with van der Waals surface area (Å²) in [4.78, 5) is 19.0. The number of piperazine rings is 1. The second-order valence-electron chi connectivity index (χ2n) is 10.5. The first kappa shape index (κ1) is 31.0. The number of carbonyl (C=O) groups excluding carboxylic acids is 1. The van der Waals surface area contributed by atoms with Gasteiger partial charge in [-0.25, -0.2) is 8.78 Å². The molecule has 0 aromatic heterocycles. The molecule has 2 aromatic carbocycles. The molecule has 0 bridgehead atoms. The van der Waals surface area contributed by atoms with Gasteiger partial charge in [-0.15, -0.1) is 0 Å². The third-order valence-corrected chi connectivity index (χ3v) is 7.62. The second kappa shape index (κ2) is 12.1. The van der Waals surface area contributed by atoms with Gasteiger partial charge in [-0.3, -0.25) is 9.69 Å². The Morgan fingerprint density at radius 2 is 1.46 bits per heavy atom. The fraction of sp³-hybridized carbons (Fsp3) is 0.536. The molecule has 1 amide bonds. The zero-order chi connectivity index (χ0) is 30.0. The lowest BCUT2D eigenvalue weighted by Crippen LogP contribution is -2.57. The van der Waals surface area contributed by atoms with Crippen molar-refractivity contribution in [3.8, 4) is 5.75 Å². The minimum atomic E-state index is -4.71. The molecule has 0 N–H and O–H groups in total. The molecule has 0 aliphatic carbocycles. The number of ether oxygens (including phenoxy) is 1. The first-order valence-corrected chi connectivity index (χ1v) is 13.2. The minimum Gasteiger partial charge on any atom is -0.497 e. The van der Waals surface area contributed by atoms with Crippen molar-refractivity contribution in [1.29, 1.82) is 0 Å². The van der Waals surface area contributed by atoms with E-state index in [0.29, 0.717) is 31.7 Å². The van der Waals surface area contributed by atoms with Crippen molar-refractivity contribution >= 4 is 5.91 Å². The number of nitrogens with zero attached hydrogens (tertiary/aromatic N) is 3. The van der Waals surface area contributed by atoms with E-state index in [-0.39, 0.29) is 50.2 Å². The van der Waals surface area contributed by atoms with E-state index in [2.05, 4.69) is 0 Å². The fourth-order valence-electron chi connectivity index (χ4n) is 5.22. The van der Waals surface area contributed by atoms with Gasteiger partial charge in [0.1, 0.15) is 5.75 Å². The normalized spacial score (nSPS) is 20.7. The van der Waals surface area contributed by atoms with E-state index in [1.807, 2.05) is 9.80 Å². The molecule has 2 saturated heterocycles. The average Bonchev–Trinajstić information content (AvgIpc) is 2.91. The highest BCUT2D eigenvalue weighted by atomic mass is 19.4. The van der Waals surface area contributed by atoms with Gasteiger partial charge in [-0.05, 0) is 42.3 Å². The number of benzene rings is 2. The monoisotopic (exact) mass is 593 g/mol. The lowest BCUT2D eigenvalue weighted by Gasteiger charge is -2.42. The maximum absolute atomic E-state index is 13.6. The number of alkyl halides is 8. The molecule has 0 spiro atoms. The molecule has 2 aliphatic heterocycles. The number of hydrogen-bond donors (Lipinski definition) is 0. The van der Waals surface area contributed by atoms with Crippen LogP contribution in [0.25, 0.3) is 0 Å². The van der Waals surface area contributed by atoms with Gasteiger partial charge < -0.3 is 14.5 Å². The highest BCUT2D eigenvalue weighted by molar-refractivity contribution is 5.95. The Balaban J connectivity index is 1.53. The molecule has 1 atom stereocenters. The van der Waals surface area contributed by atoms with Crippen molar-refractivity contribution < 1.29 is 44.7 Å². The van der Waals surface area contributed by atoms with Crippen molar-refractivity contribution in [2.45, 2.75) is 43.6 Å². The van der Waals surface area contributed by atoms with Crippen LogP contribution in [-0.4, -0.2) is 85.5 Å². The molecule has 4 rings (SSSR count). The van der Waals surface area contributed by atoms with Crippen LogP contribution in [0.5, 0.6) is 5.75 Å². The zero-order valence-electron chi connectivity index (χ0n) is 22.4. The van der Waals surface area contributed by atoms with Gasteiger partial charge in [-0.2, -0.15) is 26.3 Å². The lowest BCUT2D eigenvalue weighted by atomic mass is 9.99. The van der Waals surface area contributed by atoms with Crippen LogP contribution in [0.3, 0.4) is 0 Å². The number of piperidine rings is 1. The molecule has 0 radical (unpaired) electrons. The van der Waals surface area contributed by atoms with Crippen molar-refractivity contribution in [3.63, 3.8) is 0 Å². The standard InChI is InChI=1S/C28H31F8N3O2/c1-41-24-16-20(15-22(17-24)28(34,35)36)25(40)39-13-12-38(11-10-37-8-6-26(29,30)7-9-37)18-23(39)14-19-2-4-21(5-3-19)27(31,32)33/h2-5,15-17,23H,6-14,18H2,1H3/t23-/m1/s1. The molecule has 13 heteroatoms. The van der Waals surface area contributed by atoms with E-state index >= 15 is 0 Å². The summed E-state index contributed by atoms with van der Waals surface area (Å²) in [5.74, 6) is -3.45. The zero-order valence-corrected chi connectivity index (χ0v) is 22.4. The highest BCUT2D eigenvalue weighted by Gasteiger charge is 2.37. The summed E-state index contributed by atoms with van der Waals surface area (Å²) in [6, 6.07) is 6.78. The van der Waals surface area contributed by atoms with Crippen LogP contribution in [0.15, 0.2) is 42.5 Å². The Morgan fingerprint density at radius 1 is 0.854 bits per heavy atom. The van der Waals surface area contributed by atoms with Crippen LogP contribution in [0, 0.1) is 0 Å². The van der Waals surface area contributed by atoms with Gasteiger partial charge in [0.25, 0.3) is 11.8 Å². The van der Waals surface area contributed by atoms with E-state index in [1.165, 1.54) is 30.2 Å². The average molecular weight is 594 g/mol. The molecule has 0 saturated carbocycles. The van der Waals surface area contributed by atoms with Gasteiger partial charge in [0.05, 0.1) is 18.2 Å². The van der Waals surface area contributed by atoms with Gasteiger partial charge in [0.15, 0.2) is 0 Å². The van der Waals surface area contributed by atoms with Crippen LogP contribution >= 0.6 is 0 Å². The maximum Gasteiger partial charge on any atom is 0.416 e. The van der Waals surface area contributed by atoms with Crippen molar-refractivity contribution in [1.82, 2.24) is 14.7 Å². The summed E-state index contributed by atoms with van der Waals surface area (Å²) >= 11 is 0. The van der Waals surface area contributed by atoms with Crippen LogP contribution in [0.2, 0.25) is 0 Å². The number of halogens is 8. The molecule has 2 fully saturated rings. The van der Waals surface area contributed by atoms with Gasteiger partial charge in [-0.1, -0.05) is 12.1 Å². The molecule has 2 heterocycles. The molecule has 226 valence electrons. The van der Waals surface area contributed by atoms with E-state index < -0.39 is 41.4 Å². The highest BCUT2D eigenvalue weighted by Crippen LogP contribution is 2.34. The van der Waals surface area contributed by atoms with Crippen LogP contribution in [0.4, 0.5) is 35.1 Å². The van der Waals surface area contributed by atoms with Crippen molar-refractivity contribution in [2.75, 3.05) is 52.9 Å². The summed E-state index contributed by atoms with van der Waals surface area (Å²) in [6.45, 7) is 2.45. The summed E-state index contributed by atoms with van der Waals surface area (Å²) < 4.78 is 112. The lowest BCUT2D eigenvalue weighted by molar-refractivity contribution is -0.138. The number of likely N-dealkylation sites (tertiary alicyclic amines) is 1. The van der Waals surface area contributed by atoms with Gasteiger partial charge >= 0.3 is 12.4 Å². The maximum atomic E-state index is 13.6. The first-order chi connectivity index (χ1) is 19.1. The summed E-state index contributed by atoms with van der Waals surface area (Å²) in [7, 11) is 1.19. The fourth-order valence-corrected chi connectivity index (χ4v) is 5.22. The third kappa shape index (κ3) is 8.09. The quantitative estimate of drug-likeness (QED) is 0.379. The van der Waals surface area contributed by atoms with Crippen LogP contribution in [0.1, 0.15) is 39.9 Å². The van der Waals surface area contributed by atoms with Crippen LogP contribution in [-0.2, 0) is 18.8 Å². The van der Waals surface area contributed by atoms with Gasteiger partial charge in [0.2, 0.25) is 0 Å². The third-order valence-electron chi connectivity index (χ3n) is 7.62. The van der Waals surface area contributed by atoms with E-state index in [4.69, 9.17) is 4.74 Å². The number of rotatable bonds is 7. The molecular formula is C28H31F8N3O2. The first-order valence-electron chi connectivity index (χ1n) is 13.2. The van der Waals surface area contributed by atoms with E-state index in [1.54, 1.807) is 0 Å². The number of carbonyl (C=O) groups is 1. The van der Waals surface area contributed by atoms with Crippen molar-refractivity contribution in [3.05, 3.63) is 64.7 Å². The molecule has 0 unspecified atom stereocenters. The largest absolute Gasteiger partial charge is 0.497 e. The minimum absolute atomic E-state index is 0.131. The number of amides is 1. The molecule has 2 aliphatic rings. The topological polar surface area (TPSA) is 36.0 Å². The van der Waals surface area contributed by atoms with E-state index in [0.717, 1.165) is 24.3 Å². The Labute approximate surface area is 232 Å². The Hall–Kier alpha value is -2.93. The summed E-state index contributed by atoms with van der Waals surface area (Å²) in [5, 5.41) is 0. The van der Waals surface area contributed by atoms with Crippen LogP contribution < -0.4 is 4.74 Å². The Bertz CT molecular complexity index is 1190. The van der Waals surface area contributed by atoms with Crippen molar-refractivity contribution in [2.24, 2.45) is 0 Å². The molecule has 41 heavy (non-hydrogen) atoms. The predicted molar refractivity (Wildman–Crippen MR) is 135 cm³/mol. The Kier molecular flexibility index (Phi) is 9.17. The smallest absolute Gasteiger partial charge is 0.416 e. The molecule has 2 aromatic rings. The summed E-state index contributed by atoms with van der Waals surface area (Å²) in [5.41, 5.74) is -1.54.